The van der Waals surface area contributed by atoms with E-state index < -0.39 is 0 Å². The lowest BCUT2D eigenvalue weighted by Gasteiger charge is -2.34. The number of likely N-dealkylation sites (tertiary alicyclic amines) is 1. The maximum atomic E-state index is 10.3. The van der Waals surface area contributed by atoms with Gasteiger partial charge in [-0.2, -0.15) is 0 Å². The third-order valence-corrected chi connectivity index (χ3v) is 5.88. The van der Waals surface area contributed by atoms with Crippen LogP contribution in [0.3, 0.4) is 0 Å². The monoisotopic (exact) mass is 424 g/mol. The fourth-order valence-corrected chi connectivity index (χ4v) is 4.26. The quantitative estimate of drug-likeness (QED) is 0.554. The van der Waals surface area contributed by atoms with Crippen LogP contribution >= 0.6 is 0 Å². The highest BCUT2D eigenvalue weighted by atomic mass is 16.3. The van der Waals surface area contributed by atoms with E-state index in [0.29, 0.717) is 6.04 Å². The van der Waals surface area contributed by atoms with Crippen molar-refractivity contribution in [2.24, 2.45) is 9.98 Å². The molecule has 2 radical (unpaired) electrons. The Hall–Kier alpha value is -3.12. The van der Waals surface area contributed by atoms with Crippen LogP contribution in [0.25, 0.3) is 0 Å². The van der Waals surface area contributed by atoms with Gasteiger partial charge in [-0.25, -0.2) is 0 Å². The molecule has 0 saturated carbocycles. The van der Waals surface area contributed by atoms with Crippen molar-refractivity contribution in [3.05, 3.63) is 83.2 Å². The number of nitrogens with zero attached hydrogens (tertiary/aromatic N) is 3. The Morgan fingerprint density at radius 2 is 2.00 bits per heavy atom. The van der Waals surface area contributed by atoms with Crippen LogP contribution in [0.15, 0.2) is 82.1 Å². The number of dihydropyridines is 1. The summed E-state index contributed by atoms with van der Waals surface area (Å²) in [6.45, 7) is 3.03. The summed E-state index contributed by atoms with van der Waals surface area (Å²) in [6, 6.07) is 15.9. The second-order valence-corrected chi connectivity index (χ2v) is 8.37. The lowest BCUT2D eigenvalue weighted by Crippen LogP contribution is -2.42. The highest BCUT2D eigenvalue weighted by Gasteiger charge is 2.22. The van der Waals surface area contributed by atoms with Gasteiger partial charge >= 0.3 is 0 Å². The van der Waals surface area contributed by atoms with Gasteiger partial charge in [0.1, 0.15) is 13.6 Å². The summed E-state index contributed by atoms with van der Waals surface area (Å²) in [5.74, 6) is 0.238. The first-order valence-corrected chi connectivity index (χ1v) is 11.1. The molecule has 1 saturated heterocycles. The number of benzene rings is 2. The number of hydrogen-bond acceptors (Lipinski definition) is 5. The van der Waals surface area contributed by atoms with E-state index in [1.165, 1.54) is 5.56 Å². The number of aliphatic imine (C=N–C) groups is 2. The molecule has 0 atom stereocenters. The van der Waals surface area contributed by atoms with Gasteiger partial charge in [0.15, 0.2) is 0 Å². The van der Waals surface area contributed by atoms with Gasteiger partial charge in [0.25, 0.3) is 0 Å². The number of nitrogens with one attached hydrogen (secondary N) is 1. The van der Waals surface area contributed by atoms with Gasteiger partial charge in [0.05, 0.1) is 5.71 Å². The summed E-state index contributed by atoms with van der Waals surface area (Å²) in [4.78, 5) is 11.3. The van der Waals surface area contributed by atoms with Crippen LogP contribution in [0.4, 0.5) is 0 Å². The van der Waals surface area contributed by atoms with E-state index in [4.69, 9.17) is 12.8 Å². The standard InChI is InChI=1S/C26H29BN4O/c1-28-12-9-22-16-23(17-25(30-22)24-7-2-3-8-26(24)32)29-21-10-13-31(14-11-21)18-19-5-4-6-20(27)15-19/h2-9,12,15,17,21,29,32H,10-11,13-14,16,18H2,1H3. The maximum Gasteiger partial charge on any atom is 0.124 e. The first-order chi connectivity index (χ1) is 15.6. The molecule has 1 fully saturated rings. The number of piperidine rings is 1. The maximum absolute atomic E-state index is 10.3. The molecule has 2 aliphatic heterocycles. The van der Waals surface area contributed by atoms with Crippen LogP contribution in [0.2, 0.25) is 0 Å². The second-order valence-electron chi connectivity index (χ2n) is 8.37. The van der Waals surface area contributed by atoms with Gasteiger partial charge in [-0.15, -0.1) is 0 Å². The predicted octanol–water partition coefficient (Wildman–Crippen LogP) is 3.10. The topological polar surface area (TPSA) is 60.2 Å². The number of hydrogen-bond donors (Lipinski definition) is 2. The van der Waals surface area contributed by atoms with Crippen molar-refractivity contribution in [3.63, 3.8) is 0 Å². The Morgan fingerprint density at radius 3 is 2.75 bits per heavy atom. The molecule has 2 heterocycles. The first-order valence-electron chi connectivity index (χ1n) is 11.1. The molecule has 0 aromatic heterocycles. The van der Waals surface area contributed by atoms with Crippen molar-refractivity contribution in [2.75, 3.05) is 20.1 Å². The van der Waals surface area contributed by atoms with Crippen molar-refractivity contribution in [2.45, 2.75) is 31.8 Å². The molecule has 0 amide bonds. The molecular weight excluding hydrogens is 395 g/mol. The van der Waals surface area contributed by atoms with E-state index in [2.05, 4.69) is 33.4 Å². The van der Waals surface area contributed by atoms with Gasteiger partial charge < -0.3 is 10.4 Å². The molecule has 0 spiro atoms. The minimum Gasteiger partial charge on any atom is -0.507 e. The molecule has 0 bridgehead atoms. The minimum atomic E-state index is 0.238. The average molecular weight is 424 g/mol. The smallest absolute Gasteiger partial charge is 0.124 e. The van der Waals surface area contributed by atoms with Gasteiger partial charge in [-0.3, -0.25) is 14.9 Å². The van der Waals surface area contributed by atoms with E-state index >= 15 is 0 Å². The second kappa shape index (κ2) is 10.5. The van der Waals surface area contributed by atoms with Crippen molar-refractivity contribution >= 4 is 25.2 Å². The Morgan fingerprint density at radius 1 is 1.19 bits per heavy atom. The molecule has 4 rings (SSSR count). The molecule has 5 nitrogen and oxygen atoms in total. The lowest BCUT2D eigenvalue weighted by atomic mass is 9.94. The molecule has 2 N–H and O–H groups in total. The zero-order valence-corrected chi connectivity index (χ0v) is 18.5. The van der Waals surface area contributed by atoms with Crippen LogP contribution < -0.4 is 10.8 Å². The number of phenolic OH excluding ortho intramolecular Hbond substituents is 1. The first kappa shape index (κ1) is 22.1. The van der Waals surface area contributed by atoms with Crippen molar-refractivity contribution in [1.29, 1.82) is 0 Å². The Balaban J connectivity index is 1.42. The zero-order chi connectivity index (χ0) is 22.3. The number of para-hydroxylation sites is 1. The van der Waals surface area contributed by atoms with Gasteiger partial charge in [-0.1, -0.05) is 41.9 Å². The van der Waals surface area contributed by atoms with E-state index in [-0.39, 0.29) is 5.75 Å². The summed E-state index contributed by atoms with van der Waals surface area (Å²) in [6.07, 6.45) is 8.65. The summed E-state index contributed by atoms with van der Waals surface area (Å²) in [5, 5.41) is 14.1. The van der Waals surface area contributed by atoms with Crippen LogP contribution in [0, 0.1) is 0 Å². The highest BCUT2D eigenvalue weighted by molar-refractivity contribution is 6.32. The molecule has 0 unspecified atom stereocenters. The molecule has 32 heavy (non-hydrogen) atoms. The fourth-order valence-electron chi connectivity index (χ4n) is 4.26. The summed E-state index contributed by atoms with van der Waals surface area (Å²) < 4.78 is 0. The van der Waals surface area contributed by atoms with Crippen LogP contribution in [-0.4, -0.2) is 56.0 Å². The van der Waals surface area contributed by atoms with Crippen LogP contribution in [-0.2, 0) is 6.54 Å². The van der Waals surface area contributed by atoms with Crippen LogP contribution in [0.5, 0.6) is 5.75 Å². The Labute approximate surface area is 191 Å². The number of allylic oxidation sites excluding steroid dienone is 2. The third kappa shape index (κ3) is 5.77. The van der Waals surface area contributed by atoms with Gasteiger partial charge in [0.2, 0.25) is 0 Å². The lowest BCUT2D eigenvalue weighted by molar-refractivity contribution is 0.195. The Kier molecular flexibility index (Phi) is 7.23. The number of rotatable bonds is 6. The van der Waals surface area contributed by atoms with Crippen molar-refractivity contribution in [3.8, 4) is 5.75 Å². The van der Waals surface area contributed by atoms with E-state index in [0.717, 1.165) is 67.0 Å². The largest absolute Gasteiger partial charge is 0.507 e. The number of aromatic hydroxyl groups is 1. The molecule has 6 heteroatoms. The third-order valence-electron chi connectivity index (χ3n) is 5.88. The normalized spacial score (nSPS) is 19.2. The zero-order valence-electron chi connectivity index (χ0n) is 18.5. The fraction of sp³-hybridized carbons (Fsp3) is 0.308. The van der Waals surface area contributed by atoms with Gasteiger partial charge in [-0.05, 0) is 42.7 Å². The molecule has 2 aromatic rings. The highest BCUT2D eigenvalue weighted by Crippen LogP contribution is 2.25. The van der Waals surface area contributed by atoms with E-state index in [1.54, 1.807) is 19.3 Å². The van der Waals surface area contributed by atoms with Crippen LogP contribution in [0.1, 0.15) is 30.4 Å². The Bertz CT molecular complexity index is 1070. The molecule has 2 aliphatic rings. The summed E-state index contributed by atoms with van der Waals surface area (Å²) >= 11 is 0. The predicted molar refractivity (Wildman–Crippen MR) is 133 cm³/mol. The molecule has 162 valence electrons. The average Bonchev–Trinajstić information content (AvgIpc) is 2.79. The molecular formula is C26H29BN4O. The van der Waals surface area contributed by atoms with Crippen molar-refractivity contribution in [1.82, 2.24) is 10.2 Å². The SMILES string of the molecule is [B]c1cccc(CN2CCC(NC3=CC(c4ccccc4O)=NC(=CC=NC)C3)CC2)c1. The number of phenols is 1. The minimum absolute atomic E-state index is 0.238. The summed E-state index contributed by atoms with van der Waals surface area (Å²) in [7, 11) is 7.67. The molecule has 2 aromatic carbocycles. The van der Waals surface area contributed by atoms with Crippen molar-refractivity contribution < 1.29 is 5.11 Å². The van der Waals surface area contributed by atoms with E-state index in [9.17, 15) is 5.11 Å². The van der Waals surface area contributed by atoms with Gasteiger partial charge in [0, 0.05) is 62.3 Å². The summed E-state index contributed by atoms with van der Waals surface area (Å²) in [5.41, 5.74) is 5.65. The van der Waals surface area contributed by atoms with E-state index in [1.807, 2.05) is 36.4 Å². The molecule has 0 aliphatic carbocycles.